The lowest BCUT2D eigenvalue weighted by atomic mass is 9.63. The van der Waals surface area contributed by atoms with Crippen LogP contribution < -0.4 is 5.48 Å². The van der Waals surface area contributed by atoms with Gasteiger partial charge in [0.2, 0.25) is 0 Å². The van der Waals surface area contributed by atoms with Crippen molar-refractivity contribution < 1.29 is 19.3 Å². The minimum Gasteiger partial charge on any atom is -0.398 e. The van der Waals surface area contributed by atoms with Gasteiger partial charge in [-0.3, -0.25) is 4.79 Å². The fraction of sp³-hybridized carbons (Fsp3) is 0.375. The Labute approximate surface area is 177 Å². The number of benzene rings is 2. The molecule has 0 aliphatic heterocycles. The monoisotopic (exact) mass is 408 g/mol. The van der Waals surface area contributed by atoms with Crippen LogP contribution in [0.1, 0.15) is 67.6 Å². The molecular weight excluding hydrogens is 380 g/mol. The maximum absolute atomic E-state index is 12.7. The van der Waals surface area contributed by atoms with Gasteiger partial charge in [0.1, 0.15) is 7.11 Å². The summed E-state index contributed by atoms with van der Waals surface area (Å²) in [7, 11) is 1.37. The summed E-state index contributed by atoms with van der Waals surface area (Å²) >= 11 is 0. The zero-order valence-corrected chi connectivity index (χ0v) is 18.1. The van der Waals surface area contributed by atoms with Gasteiger partial charge in [-0.25, -0.2) is 4.79 Å². The number of oxime groups is 1. The van der Waals surface area contributed by atoms with Crippen LogP contribution in [0.15, 0.2) is 53.7 Å². The van der Waals surface area contributed by atoms with Crippen LogP contribution in [0.5, 0.6) is 0 Å². The van der Waals surface area contributed by atoms with Gasteiger partial charge in [-0.1, -0.05) is 63.2 Å². The van der Waals surface area contributed by atoms with Crippen LogP contribution in [0, 0.1) is 0 Å². The highest BCUT2D eigenvalue weighted by atomic mass is 16.7. The molecule has 0 spiro atoms. The molecule has 6 heteroatoms. The summed E-state index contributed by atoms with van der Waals surface area (Å²) in [5, 5.41) is 3.89. The van der Waals surface area contributed by atoms with Crippen LogP contribution in [0.2, 0.25) is 0 Å². The molecule has 1 amide bonds. The van der Waals surface area contributed by atoms with Crippen molar-refractivity contribution in [1.82, 2.24) is 5.48 Å². The first kappa shape index (κ1) is 21.6. The van der Waals surface area contributed by atoms with Gasteiger partial charge >= 0.3 is 11.9 Å². The molecule has 0 unspecified atom stereocenters. The molecule has 2 aromatic rings. The Morgan fingerprint density at radius 3 is 2.17 bits per heavy atom. The molecule has 3 rings (SSSR count). The zero-order chi connectivity index (χ0) is 21.9. The largest absolute Gasteiger partial charge is 0.398 e. The van der Waals surface area contributed by atoms with Crippen LogP contribution in [0.25, 0.3) is 0 Å². The first-order chi connectivity index (χ1) is 14.2. The Balaban J connectivity index is 1.85. The van der Waals surface area contributed by atoms with Gasteiger partial charge < -0.3 is 9.68 Å². The molecule has 1 aliphatic carbocycles. The number of fused-ring (bicyclic) bond motifs is 1. The number of amides is 1. The third-order valence-electron chi connectivity index (χ3n) is 5.77. The number of hydroxylamine groups is 1. The van der Waals surface area contributed by atoms with Gasteiger partial charge in [-0.2, -0.15) is 5.48 Å². The van der Waals surface area contributed by atoms with E-state index in [-0.39, 0.29) is 16.5 Å². The van der Waals surface area contributed by atoms with Crippen LogP contribution in [-0.2, 0) is 25.3 Å². The number of carbonyl (C=O) groups excluding carboxylic acids is 2. The normalized spacial score (nSPS) is 16.9. The summed E-state index contributed by atoms with van der Waals surface area (Å²) < 4.78 is 0. The fourth-order valence-corrected chi connectivity index (χ4v) is 3.83. The third-order valence-corrected chi connectivity index (χ3v) is 5.77. The van der Waals surface area contributed by atoms with E-state index in [0.717, 1.165) is 12.8 Å². The third kappa shape index (κ3) is 4.37. The maximum Gasteiger partial charge on any atom is 0.362 e. The summed E-state index contributed by atoms with van der Waals surface area (Å²) in [6.45, 7) is 8.89. The summed E-state index contributed by atoms with van der Waals surface area (Å²) in [5.74, 6) is -1.32. The fourth-order valence-electron chi connectivity index (χ4n) is 3.83. The van der Waals surface area contributed by atoms with Crippen molar-refractivity contribution in [3.8, 4) is 0 Å². The summed E-state index contributed by atoms with van der Waals surface area (Å²) in [6.07, 6.45) is 2.15. The van der Waals surface area contributed by atoms with E-state index < -0.39 is 11.9 Å². The second-order valence-corrected chi connectivity index (χ2v) is 8.84. The van der Waals surface area contributed by atoms with Crippen LogP contribution in [0.4, 0.5) is 0 Å². The Morgan fingerprint density at radius 1 is 0.900 bits per heavy atom. The van der Waals surface area contributed by atoms with E-state index >= 15 is 0 Å². The van der Waals surface area contributed by atoms with Gasteiger partial charge in [0.05, 0.1) is 5.56 Å². The number of hydrogen-bond acceptors (Lipinski definition) is 5. The molecule has 2 aromatic carbocycles. The summed E-state index contributed by atoms with van der Waals surface area (Å²) in [5.41, 5.74) is 5.67. The summed E-state index contributed by atoms with van der Waals surface area (Å²) in [6, 6.07) is 14.3. The van der Waals surface area contributed by atoms with Crippen LogP contribution in [-0.4, -0.2) is 24.7 Å². The van der Waals surface area contributed by atoms with Gasteiger partial charge in [-0.05, 0) is 53.0 Å². The number of rotatable bonds is 4. The Kier molecular flexibility index (Phi) is 5.97. The van der Waals surface area contributed by atoms with Crippen molar-refractivity contribution in [2.75, 3.05) is 7.11 Å². The minimum absolute atomic E-state index is 0.0186. The molecule has 0 saturated heterocycles. The van der Waals surface area contributed by atoms with Gasteiger partial charge in [0, 0.05) is 5.56 Å². The second-order valence-electron chi connectivity index (χ2n) is 8.84. The number of nitrogens with one attached hydrogen (secondary N) is 1. The molecule has 0 heterocycles. The second kappa shape index (κ2) is 8.30. The number of hydrogen-bond donors (Lipinski definition) is 1. The highest BCUT2D eigenvalue weighted by Crippen LogP contribution is 2.45. The smallest absolute Gasteiger partial charge is 0.362 e. The molecule has 0 aromatic heterocycles. The SMILES string of the molecule is CON=C(C(=O)NOC(=O)c1ccccc1)c1ccc2c(c1)C(C)(C)CCC2(C)C. The quantitative estimate of drug-likeness (QED) is 0.605. The summed E-state index contributed by atoms with van der Waals surface area (Å²) in [4.78, 5) is 34.7. The molecule has 0 bridgehead atoms. The predicted molar refractivity (Wildman–Crippen MR) is 115 cm³/mol. The molecule has 0 atom stereocenters. The average molecular weight is 408 g/mol. The molecule has 6 nitrogen and oxygen atoms in total. The minimum atomic E-state index is -0.658. The molecule has 30 heavy (non-hydrogen) atoms. The van der Waals surface area contributed by atoms with Crippen molar-refractivity contribution in [3.63, 3.8) is 0 Å². The maximum atomic E-state index is 12.7. The molecule has 1 N–H and O–H groups in total. The molecule has 0 saturated carbocycles. The van der Waals surface area contributed by atoms with Gasteiger partial charge in [0.25, 0.3) is 0 Å². The number of nitrogens with zero attached hydrogens (tertiary/aromatic N) is 1. The number of carbonyl (C=O) groups is 2. The molecule has 1 aliphatic rings. The molecular formula is C24H28N2O4. The van der Waals surface area contributed by atoms with Crippen molar-refractivity contribution in [1.29, 1.82) is 0 Å². The van der Waals surface area contributed by atoms with E-state index in [9.17, 15) is 9.59 Å². The standard InChI is InChI=1S/C24H28N2O4/c1-23(2)13-14-24(3,4)19-15-17(11-12-18(19)23)20(25-29-5)21(27)26-30-22(28)16-9-7-6-8-10-16/h6-12,15H,13-14H2,1-5H3,(H,26,27). The average Bonchev–Trinajstić information content (AvgIpc) is 2.74. The van der Waals surface area contributed by atoms with Crippen molar-refractivity contribution in [2.45, 2.75) is 51.4 Å². The highest BCUT2D eigenvalue weighted by Gasteiger charge is 2.37. The lowest BCUT2D eigenvalue weighted by Gasteiger charge is -2.42. The molecule has 158 valence electrons. The lowest BCUT2D eigenvalue weighted by Crippen LogP contribution is -2.36. The Morgan fingerprint density at radius 2 is 1.53 bits per heavy atom. The van der Waals surface area contributed by atoms with E-state index in [2.05, 4.69) is 44.4 Å². The van der Waals surface area contributed by atoms with E-state index in [1.807, 2.05) is 12.1 Å². The Bertz CT molecular complexity index is 978. The van der Waals surface area contributed by atoms with E-state index in [4.69, 9.17) is 9.68 Å². The highest BCUT2D eigenvalue weighted by molar-refractivity contribution is 6.45. The van der Waals surface area contributed by atoms with E-state index in [1.54, 1.807) is 30.3 Å². The van der Waals surface area contributed by atoms with Crippen molar-refractivity contribution in [2.24, 2.45) is 5.16 Å². The molecule has 0 fully saturated rings. The first-order valence-corrected chi connectivity index (χ1v) is 9.99. The van der Waals surface area contributed by atoms with E-state index in [0.29, 0.717) is 11.1 Å². The first-order valence-electron chi connectivity index (χ1n) is 9.99. The van der Waals surface area contributed by atoms with Gasteiger partial charge in [-0.15, -0.1) is 0 Å². The van der Waals surface area contributed by atoms with Crippen molar-refractivity contribution >= 4 is 17.6 Å². The van der Waals surface area contributed by atoms with Crippen molar-refractivity contribution in [3.05, 3.63) is 70.8 Å². The van der Waals surface area contributed by atoms with E-state index in [1.165, 1.54) is 18.2 Å². The van der Waals surface area contributed by atoms with Gasteiger partial charge in [0.15, 0.2) is 5.71 Å². The molecule has 0 radical (unpaired) electrons. The van der Waals surface area contributed by atoms with Crippen LogP contribution in [0.3, 0.4) is 0 Å². The Hall–Kier alpha value is -3.15. The predicted octanol–water partition coefficient (Wildman–Crippen LogP) is 4.27. The lowest BCUT2D eigenvalue weighted by molar-refractivity contribution is -0.123. The van der Waals surface area contributed by atoms with Crippen LogP contribution >= 0.6 is 0 Å². The zero-order valence-electron chi connectivity index (χ0n) is 18.1. The topological polar surface area (TPSA) is 77.0 Å².